The first kappa shape index (κ1) is 15.4. The van der Waals surface area contributed by atoms with Crippen molar-refractivity contribution >= 4 is 5.91 Å². The van der Waals surface area contributed by atoms with E-state index in [2.05, 4.69) is 30.8 Å². The number of nitrogens with zero attached hydrogens (tertiary/aromatic N) is 6. The molecule has 4 rings (SSSR count). The van der Waals surface area contributed by atoms with Crippen LogP contribution in [0.25, 0.3) is 5.69 Å². The van der Waals surface area contributed by atoms with Gasteiger partial charge in [0.25, 0.3) is 5.91 Å². The minimum atomic E-state index is -0.110. The maximum absolute atomic E-state index is 12.6. The van der Waals surface area contributed by atoms with Gasteiger partial charge >= 0.3 is 0 Å². The van der Waals surface area contributed by atoms with E-state index < -0.39 is 0 Å². The van der Waals surface area contributed by atoms with Crippen molar-refractivity contribution in [3.8, 4) is 5.69 Å². The molecule has 0 fully saturated rings. The van der Waals surface area contributed by atoms with Crippen LogP contribution in [0, 0.1) is 6.92 Å². The zero-order valence-corrected chi connectivity index (χ0v) is 13.8. The van der Waals surface area contributed by atoms with Crippen LogP contribution in [-0.2, 0) is 6.42 Å². The van der Waals surface area contributed by atoms with Gasteiger partial charge in [0.2, 0.25) is 0 Å². The lowest BCUT2D eigenvalue weighted by atomic mass is 9.92. The zero-order valence-electron chi connectivity index (χ0n) is 13.8. The number of benzene rings is 1. The number of hydrogen-bond acceptors (Lipinski definition) is 6. The standard InChI is InChI=1S/C17H17N7O/c1-11-18-9-14-15(20-11)3-2-4-16(14)21-17(25)12-5-7-13(8-6-12)24-10-19-22-23-24/h5-10,16H,2-4H2,1H3,(H,21,25)/t16-/m1/s1. The van der Waals surface area contributed by atoms with Crippen molar-refractivity contribution in [3.63, 3.8) is 0 Å². The number of nitrogens with one attached hydrogen (secondary N) is 1. The Morgan fingerprint density at radius 1 is 1.28 bits per heavy atom. The predicted octanol–water partition coefficient (Wildman–Crippen LogP) is 1.57. The molecule has 2 heterocycles. The van der Waals surface area contributed by atoms with Crippen molar-refractivity contribution in [2.75, 3.05) is 0 Å². The van der Waals surface area contributed by atoms with Crippen LogP contribution in [0.2, 0.25) is 0 Å². The number of carbonyl (C=O) groups excluding carboxylic acids is 1. The Kier molecular flexibility index (Phi) is 3.93. The summed E-state index contributed by atoms with van der Waals surface area (Å²) in [6, 6.07) is 7.11. The van der Waals surface area contributed by atoms with Gasteiger partial charge < -0.3 is 5.32 Å². The van der Waals surface area contributed by atoms with Crippen molar-refractivity contribution in [1.29, 1.82) is 0 Å². The molecule has 1 atom stereocenters. The Hall–Kier alpha value is -3.16. The van der Waals surface area contributed by atoms with Gasteiger partial charge in [0, 0.05) is 23.0 Å². The van der Waals surface area contributed by atoms with Gasteiger partial charge in [-0.1, -0.05) is 0 Å². The molecule has 0 radical (unpaired) electrons. The van der Waals surface area contributed by atoms with E-state index in [1.807, 2.05) is 25.3 Å². The molecule has 1 amide bonds. The second-order valence-electron chi connectivity index (χ2n) is 6.04. The number of rotatable bonds is 3. The van der Waals surface area contributed by atoms with Gasteiger partial charge in [-0.25, -0.2) is 14.6 Å². The summed E-state index contributed by atoms with van der Waals surface area (Å²) in [5.41, 5.74) is 3.46. The van der Waals surface area contributed by atoms with Gasteiger partial charge in [-0.2, -0.15) is 0 Å². The summed E-state index contributed by atoms with van der Waals surface area (Å²) in [4.78, 5) is 21.4. The Balaban J connectivity index is 1.51. The molecular formula is C17H17N7O. The van der Waals surface area contributed by atoms with Crippen LogP contribution in [0.5, 0.6) is 0 Å². The molecule has 0 bridgehead atoms. The highest BCUT2D eigenvalue weighted by atomic mass is 16.1. The molecule has 8 heteroatoms. The molecule has 0 aliphatic heterocycles. The molecule has 1 aromatic carbocycles. The van der Waals surface area contributed by atoms with Gasteiger partial charge in [0.05, 0.1) is 11.7 Å². The maximum atomic E-state index is 12.6. The number of amides is 1. The van der Waals surface area contributed by atoms with Crippen LogP contribution in [0.3, 0.4) is 0 Å². The average molecular weight is 335 g/mol. The van der Waals surface area contributed by atoms with E-state index in [0.29, 0.717) is 5.56 Å². The van der Waals surface area contributed by atoms with Crippen molar-refractivity contribution < 1.29 is 4.79 Å². The number of fused-ring (bicyclic) bond motifs is 1. The van der Waals surface area contributed by atoms with E-state index in [1.165, 1.54) is 6.33 Å². The van der Waals surface area contributed by atoms with Gasteiger partial charge in [-0.05, 0) is 60.9 Å². The van der Waals surface area contributed by atoms with Crippen LogP contribution in [0.15, 0.2) is 36.8 Å². The van der Waals surface area contributed by atoms with Gasteiger partial charge in [-0.3, -0.25) is 4.79 Å². The molecule has 25 heavy (non-hydrogen) atoms. The highest BCUT2D eigenvalue weighted by Crippen LogP contribution is 2.28. The first-order valence-electron chi connectivity index (χ1n) is 8.17. The van der Waals surface area contributed by atoms with Crippen molar-refractivity contribution in [1.82, 2.24) is 35.5 Å². The molecule has 1 N–H and O–H groups in total. The van der Waals surface area contributed by atoms with Crippen molar-refractivity contribution in [3.05, 3.63) is 59.4 Å². The van der Waals surface area contributed by atoms with E-state index in [9.17, 15) is 4.79 Å². The SMILES string of the molecule is Cc1ncc2c(n1)CCC[C@H]2NC(=O)c1ccc(-n2cnnn2)cc1. The minimum absolute atomic E-state index is 0.0453. The third-order valence-corrected chi connectivity index (χ3v) is 4.35. The normalized spacial score (nSPS) is 16.3. The number of carbonyl (C=O) groups is 1. The Morgan fingerprint density at radius 3 is 2.88 bits per heavy atom. The molecule has 0 saturated heterocycles. The lowest BCUT2D eigenvalue weighted by molar-refractivity contribution is 0.0932. The molecule has 1 aliphatic carbocycles. The first-order chi connectivity index (χ1) is 12.2. The highest BCUT2D eigenvalue weighted by Gasteiger charge is 2.23. The smallest absolute Gasteiger partial charge is 0.251 e. The number of tetrazole rings is 1. The second kappa shape index (κ2) is 6.39. The third kappa shape index (κ3) is 3.10. The Labute approximate surface area is 144 Å². The van der Waals surface area contributed by atoms with Crippen LogP contribution >= 0.6 is 0 Å². The van der Waals surface area contributed by atoms with Crippen LogP contribution in [-0.4, -0.2) is 36.1 Å². The van der Waals surface area contributed by atoms with E-state index in [1.54, 1.807) is 16.8 Å². The lowest BCUT2D eigenvalue weighted by Gasteiger charge is -2.25. The summed E-state index contributed by atoms with van der Waals surface area (Å²) in [7, 11) is 0. The molecule has 2 aromatic heterocycles. The van der Waals surface area contributed by atoms with E-state index >= 15 is 0 Å². The fourth-order valence-corrected chi connectivity index (χ4v) is 3.08. The molecule has 8 nitrogen and oxygen atoms in total. The number of aromatic nitrogens is 6. The van der Waals surface area contributed by atoms with Crippen LogP contribution in [0.4, 0.5) is 0 Å². The summed E-state index contributed by atoms with van der Waals surface area (Å²) in [5.74, 6) is 0.658. The highest BCUT2D eigenvalue weighted by molar-refractivity contribution is 5.94. The molecule has 3 aromatic rings. The van der Waals surface area contributed by atoms with Crippen LogP contribution in [0.1, 0.15) is 46.3 Å². The number of aryl methyl sites for hydroxylation is 2. The quantitative estimate of drug-likeness (QED) is 0.780. The average Bonchev–Trinajstić information content (AvgIpc) is 3.16. The molecule has 0 saturated carbocycles. The molecule has 0 spiro atoms. The summed E-state index contributed by atoms with van der Waals surface area (Å²) in [6.07, 6.45) is 6.19. The van der Waals surface area contributed by atoms with Crippen LogP contribution < -0.4 is 5.32 Å². The molecular weight excluding hydrogens is 318 g/mol. The fraction of sp³-hybridized carbons (Fsp3) is 0.294. The van der Waals surface area contributed by atoms with E-state index in [-0.39, 0.29) is 11.9 Å². The second-order valence-corrected chi connectivity index (χ2v) is 6.04. The third-order valence-electron chi connectivity index (χ3n) is 4.35. The van der Waals surface area contributed by atoms with Gasteiger partial charge in [0.1, 0.15) is 12.2 Å². The van der Waals surface area contributed by atoms with E-state index in [0.717, 1.165) is 42.0 Å². The lowest BCUT2D eigenvalue weighted by Crippen LogP contribution is -2.31. The topological polar surface area (TPSA) is 98.5 Å². The summed E-state index contributed by atoms with van der Waals surface area (Å²) in [5, 5.41) is 14.1. The number of hydrogen-bond donors (Lipinski definition) is 1. The molecule has 126 valence electrons. The Morgan fingerprint density at radius 2 is 2.12 bits per heavy atom. The van der Waals surface area contributed by atoms with Crippen molar-refractivity contribution in [2.24, 2.45) is 0 Å². The fourth-order valence-electron chi connectivity index (χ4n) is 3.08. The van der Waals surface area contributed by atoms with E-state index in [4.69, 9.17) is 0 Å². The summed E-state index contributed by atoms with van der Waals surface area (Å²) < 4.78 is 1.54. The summed E-state index contributed by atoms with van der Waals surface area (Å²) >= 11 is 0. The maximum Gasteiger partial charge on any atom is 0.251 e. The predicted molar refractivity (Wildman–Crippen MR) is 89.1 cm³/mol. The first-order valence-corrected chi connectivity index (χ1v) is 8.17. The van der Waals surface area contributed by atoms with Gasteiger partial charge in [0.15, 0.2) is 0 Å². The Bertz CT molecular complexity index is 890. The van der Waals surface area contributed by atoms with Crippen molar-refractivity contribution in [2.45, 2.75) is 32.2 Å². The zero-order chi connectivity index (χ0) is 17.2. The molecule has 1 aliphatic rings. The van der Waals surface area contributed by atoms with Gasteiger partial charge in [-0.15, -0.1) is 5.10 Å². The largest absolute Gasteiger partial charge is 0.345 e. The monoisotopic (exact) mass is 335 g/mol. The minimum Gasteiger partial charge on any atom is -0.345 e. The summed E-state index contributed by atoms with van der Waals surface area (Å²) in [6.45, 7) is 1.88. The molecule has 0 unspecified atom stereocenters.